The molecule has 0 aromatic heterocycles. The number of esters is 2. The number of carbonyl (C=O) groups is 3. The number of aliphatic hydroxyl groups is 2. The van der Waals surface area contributed by atoms with E-state index in [2.05, 4.69) is 31.0 Å². The zero-order valence-electron chi connectivity index (χ0n) is 40.9. The zero-order chi connectivity index (χ0) is 45.2. The summed E-state index contributed by atoms with van der Waals surface area (Å²) in [5.41, 5.74) is -0.550. The molecule has 0 radical (unpaired) electrons. The SMILES string of the molecule is CCCCCCCCCCCC(=O)OCCCC(O)CN(CCCCNC(=O)OC(C)(C)C)CC(O)CCCCCOC(=O)C(CCCCCCCC)CCCCCCCC. The molecule has 2 unspecified atom stereocenters. The minimum atomic E-state index is -0.608. The third-order valence-electron chi connectivity index (χ3n) is 11.5. The van der Waals surface area contributed by atoms with Gasteiger partial charge in [0.25, 0.3) is 0 Å². The number of unbranched alkanes of at least 4 members (excludes halogenated alkanes) is 21. The van der Waals surface area contributed by atoms with Crippen molar-refractivity contribution in [1.29, 1.82) is 0 Å². The number of alkyl carbamates (subject to hydrolysis) is 1. The van der Waals surface area contributed by atoms with E-state index in [1.165, 1.54) is 109 Å². The molecule has 10 nitrogen and oxygen atoms in total. The summed E-state index contributed by atoms with van der Waals surface area (Å²) in [6.07, 6.45) is 32.1. The lowest BCUT2D eigenvalue weighted by molar-refractivity contribution is -0.149. The molecule has 61 heavy (non-hydrogen) atoms. The van der Waals surface area contributed by atoms with Crippen molar-refractivity contribution in [3.8, 4) is 0 Å². The van der Waals surface area contributed by atoms with E-state index in [4.69, 9.17) is 14.2 Å². The van der Waals surface area contributed by atoms with Gasteiger partial charge in [0, 0.05) is 26.1 Å². The van der Waals surface area contributed by atoms with Gasteiger partial charge in [-0.05, 0) is 91.5 Å². The smallest absolute Gasteiger partial charge is 0.407 e. The van der Waals surface area contributed by atoms with Crippen molar-refractivity contribution >= 4 is 18.0 Å². The Hall–Kier alpha value is -1.91. The van der Waals surface area contributed by atoms with Crippen molar-refractivity contribution in [3.63, 3.8) is 0 Å². The quantitative estimate of drug-likeness (QED) is 0.0311. The molecule has 0 bridgehead atoms. The van der Waals surface area contributed by atoms with E-state index in [-0.39, 0.29) is 17.9 Å². The van der Waals surface area contributed by atoms with Gasteiger partial charge in [0.15, 0.2) is 0 Å². The first-order chi connectivity index (χ1) is 29.4. The fraction of sp³-hybridized carbons (Fsp3) is 0.941. The molecule has 10 heteroatoms. The van der Waals surface area contributed by atoms with Crippen LogP contribution in [0.3, 0.4) is 0 Å². The van der Waals surface area contributed by atoms with Crippen LogP contribution in [0.25, 0.3) is 0 Å². The van der Waals surface area contributed by atoms with E-state index in [9.17, 15) is 24.6 Å². The number of carbonyl (C=O) groups excluding carboxylic acids is 3. The maximum atomic E-state index is 13.1. The standard InChI is InChI=1S/C51H100N2O8/c1-7-10-13-16-19-20-21-24-29-38-48(56)59-42-33-37-47(55)44-53(40-31-30-39-52-50(58)61-51(4,5)6)43-46(54)36-28-25-32-41-60-49(57)45(34-26-22-17-14-11-8-2)35-27-23-18-15-12-9-3/h45-47,54-55H,7-44H2,1-6H3,(H,52,58). The van der Waals surface area contributed by atoms with Gasteiger partial charge in [0.2, 0.25) is 0 Å². The number of nitrogens with one attached hydrogen (secondary N) is 1. The van der Waals surface area contributed by atoms with Crippen LogP contribution in [-0.4, -0.2) is 90.3 Å². The molecule has 362 valence electrons. The molecular formula is C51H100N2O8. The van der Waals surface area contributed by atoms with Crippen LogP contribution in [0.15, 0.2) is 0 Å². The fourth-order valence-corrected chi connectivity index (χ4v) is 7.83. The first-order valence-electron chi connectivity index (χ1n) is 25.8. The van der Waals surface area contributed by atoms with Gasteiger partial charge in [0.1, 0.15) is 5.60 Å². The predicted molar refractivity (Wildman–Crippen MR) is 253 cm³/mol. The van der Waals surface area contributed by atoms with Crippen molar-refractivity contribution in [3.05, 3.63) is 0 Å². The highest BCUT2D eigenvalue weighted by atomic mass is 16.6. The van der Waals surface area contributed by atoms with Gasteiger partial charge >= 0.3 is 18.0 Å². The Kier molecular flexibility index (Phi) is 40.7. The molecule has 0 rings (SSSR count). The molecule has 3 N–H and O–H groups in total. The molecule has 0 aliphatic rings. The van der Waals surface area contributed by atoms with Crippen LogP contribution in [0.1, 0.15) is 247 Å². The van der Waals surface area contributed by atoms with Crippen molar-refractivity contribution in [1.82, 2.24) is 10.2 Å². The lowest BCUT2D eigenvalue weighted by Gasteiger charge is -2.27. The van der Waals surface area contributed by atoms with E-state index in [1.807, 2.05) is 20.8 Å². The van der Waals surface area contributed by atoms with E-state index >= 15 is 0 Å². The lowest BCUT2D eigenvalue weighted by atomic mass is 9.94. The molecule has 1 amide bonds. The molecule has 0 saturated carbocycles. The highest BCUT2D eigenvalue weighted by Crippen LogP contribution is 2.21. The minimum Gasteiger partial charge on any atom is -0.466 e. The Morgan fingerprint density at radius 3 is 1.49 bits per heavy atom. The Morgan fingerprint density at radius 1 is 0.525 bits per heavy atom. The monoisotopic (exact) mass is 869 g/mol. The molecule has 0 aliphatic carbocycles. The number of rotatable bonds is 44. The van der Waals surface area contributed by atoms with Crippen LogP contribution in [0, 0.1) is 5.92 Å². The summed E-state index contributed by atoms with van der Waals surface area (Å²) in [7, 11) is 0. The number of aliphatic hydroxyl groups excluding tert-OH is 2. The van der Waals surface area contributed by atoms with Crippen molar-refractivity contribution in [2.24, 2.45) is 5.92 Å². The lowest BCUT2D eigenvalue weighted by Crippen LogP contribution is -2.39. The second-order valence-corrected chi connectivity index (χ2v) is 19.0. The highest BCUT2D eigenvalue weighted by molar-refractivity contribution is 5.72. The van der Waals surface area contributed by atoms with E-state index in [1.54, 1.807) is 0 Å². The number of nitrogens with zero attached hydrogens (tertiary/aromatic N) is 1. The van der Waals surface area contributed by atoms with Gasteiger partial charge in [-0.2, -0.15) is 0 Å². The van der Waals surface area contributed by atoms with E-state index < -0.39 is 23.9 Å². The summed E-state index contributed by atoms with van der Waals surface area (Å²) in [4.78, 5) is 39.5. The van der Waals surface area contributed by atoms with Gasteiger partial charge in [-0.1, -0.05) is 156 Å². The summed E-state index contributed by atoms with van der Waals surface area (Å²) < 4.78 is 16.6. The molecule has 0 aromatic carbocycles. The molecule has 0 saturated heterocycles. The van der Waals surface area contributed by atoms with Gasteiger partial charge in [-0.25, -0.2) is 4.79 Å². The number of hydrogen-bond acceptors (Lipinski definition) is 9. The summed E-state index contributed by atoms with van der Waals surface area (Å²) >= 11 is 0. The molecule has 0 aliphatic heterocycles. The highest BCUT2D eigenvalue weighted by Gasteiger charge is 2.20. The van der Waals surface area contributed by atoms with Crippen LogP contribution < -0.4 is 5.32 Å². The van der Waals surface area contributed by atoms with Crippen molar-refractivity contribution < 1.29 is 38.8 Å². The van der Waals surface area contributed by atoms with Gasteiger partial charge < -0.3 is 29.7 Å². The fourth-order valence-electron chi connectivity index (χ4n) is 7.83. The number of amides is 1. The maximum Gasteiger partial charge on any atom is 0.407 e. The van der Waals surface area contributed by atoms with Gasteiger partial charge in [0.05, 0.1) is 31.3 Å². The molecule has 0 heterocycles. The topological polar surface area (TPSA) is 135 Å². The average molecular weight is 869 g/mol. The third-order valence-corrected chi connectivity index (χ3v) is 11.5. The Labute approximate surface area is 376 Å². The molecule has 2 atom stereocenters. The summed E-state index contributed by atoms with van der Waals surface area (Å²) in [5, 5.41) is 24.8. The number of hydrogen-bond donors (Lipinski definition) is 3. The largest absolute Gasteiger partial charge is 0.466 e. The predicted octanol–water partition coefficient (Wildman–Crippen LogP) is 12.8. The normalized spacial score (nSPS) is 12.8. The Morgan fingerprint density at radius 2 is 0.967 bits per heavy atom. The van der Waals surface area contributed by atoms with Crippen LogP contribution in [0.5, 0.6) is 0 Å². The molecule has 0 aromatic rings. The minimum absolute atomic E-state index is 0.0120. The summed E-state index contributed by atoms with van der Waals surface area (Å²) in [6.45, 7) is 15.0. The first-order valence-corrected chi connectivity index (χ1v) is 25.8. The van der Waals surface area contributed by atoms with E-state index in [0.717, 1.165) is 70.6 Å². The van der Waals surface area contributed by atoms with Crippen LogP contribution in [-0.2, 0) is 23.8 Å². The van der Waals surface area contributed by atoms with Crippen molar-refractivity contribution in [2.75, 3.05) is 39.4 Å². The van der Waals surface area contributed by atoms with Gasteiger partial charge in [-0.3, -0.25) is 14.5 Å². The average Bonchev–Trinajstić information content (AvgIpc) is 3.20. The summed E-state index contributed by atoms with van der Waals surface area (Å²) in [5.74, 6) is -0.167. The molecule has 0 spiro atoms. The second kappa shape index (κ2) is 42.1. The third kappa shape index (κ3) is 41.8. The maximum absolute atomic E-state index is 13.1. The van der Waals surface area contributed by atoms with Crippen LogP contribution in [0.2, 0.25) is 0 Å². The van der Waals surface area contributed by atoms with Crippen molar-refractivity contribution in [2.45, 2.75) is 265 Å². The van der Waals surface area contributed by atoms with Gasteiger partial charge in [-0.15, -0.1) is 0 Å². The Balaban J connectivity index is 4.72. The van der Waals surface area contributed by atoms with Crippen LogP contribution >= 0.6 is 0 Å². The second-order valence-electron chi connectivity index (χ2n) is 19.0. The van der Waals surface area contributed by atoms with Crippen LogP contribution in [0.4, 0.5) is 4.79 Å². The summed E-state index contributed by atoms with van der Waals surface area (Å²) in [6, 6.07) is 0. The Bertz CT molecular complexity index is 989. The zero-order valence-corrected chi connectivity index (χ0v) is 40.9. The molecule has 0 fully saturated rings. The van der Waals surface area contributed by atoms with E-state index in [0.29, 0.717) is 65.1 Å². The molecular weight excluding hydrogens is 769 g/mol. The first kappa shape index (κ1) is 59.1. The number of ether oxygens (including phenoxy) is 3.